The fourth-order valence-electron chi connectivity index (χ4n) is 2.59. The van der Waals surface area contributed by atoms with Gasteiger partial charge in [0.15, 0.2) is 0 Å². The number of carbonyl (C=O) groups excluding carboxylic acids is 1. The van der Waals surface area contributed by atoms with Crippen LogP contribution in [0.5, 0.6) is 0 Å². The van der Waals surface area contributed by atoms with Crippen LogP contribution in [0.15, 0.2) is 42.5 Å². The Bertz CT molecular complexity index is 608. The smallest absolute Gasteiger partial charge is 0.224 e. The zero-order chi connectivity index (χ0) is 14.7. The fourth-order valence-corrected chi connectivity index (χ4v) is 4.98. The average molecular weight is 317 g/mol. The second-order valence-electron chi connectivity index (χ2n) is 5.24. The van der Waals surface area contributed by atoms with Gasteiger partial charge in [0.1, 0.15) is 5.37 Å². The van der Waals surface area contributed by atoms with E-state index in [0.717, 1.165) is 18.7 Å². The maximum absolute atomic E-state index is 12.5. The molecule has 4 heteroatoms. The highest BCUT2D eigenvalue weighted by atomic mass is 32.2. The lowest BCUT2D eigenvalue weighted by atomic mass is 10.1. The molecule has 0 spiro atoms. The van der Waals surface area contributed by atoms with Crippen LogP contribution in [0.1, 0.15) is 27.1 Å². The second kappa shape index (κ2) is 6.67. The highest BCUT2D eigenvalue weighted by Crippen LogP contribution is 2.41. The van der Waals surface area contributed by atoms with E-state index in [9.17, 15) is 4.79 Å². The third-order valence-electron chi connectivity index (χ3n) is 3.69. The third kappa shape index (κ3) is 3.50. The van der Waals surface area contributed by atoms with Crippen molar-refractivity contribution in [1.82, 2.24) is 4.90 Å². The van der Waals surface area contributed by atoms with Gasteiger partial charge in [-0.1, -0.05) is 30.3 Å². The molecular formula is C17H19NOS2. The van der Waals surface area contributed by atoms with Crippen molar-refractivity contribution in [2.75, 3.05) is 12.3 Å². The molecule has 0 radical (unpaired) electrons. The summed E-state index contributed by atoms with van der Waals surface area (Å²) in [7, 11) is 0. The standard InChI is InChI=1S/C17H19NOS2/c1-13-7-9-15(21-13)17-18(11-12-20-17)16(19)10-8-14-5-3-2-4-6-14/h2-7,9,17H,8,10-12H2,1H3/t17-/m1/s1. The highest BCUT2D eigenvalue weighted by molar-refractivity contribution is 7.99. The number of hydrogen-bond donors (Lipinski definition) is 0. The summed E-state index contributed by atoms with van der Waals surface area (Å²) < 4.78 is 0. The molecule has 2 aromatic rings. The van der Waals surface area contributed by atoms with Gasteiger partial charge >= 0.3 is 0 Å². The van der Waals surface area contributed by atoms with Gasteiger partial charge in [0.2, 0.25) is 5.91 Å². The van der Waals surface area contributed by atoms with E-state index in [1.807, 2.05) is 30.0 Å². The predicted molar refractivity (Wildman–Crippen MR) is 90.7 cm³/mol. The van der Waals surface area contributed by atoms with Gasteiger partial charge in [0, 0.05) is 28.5 Å². The first-order valence-corrected chi connectivity index (χ1v) is 9.12. The molecule has 1 fully saturated rings. The van der Waals surface area contributed by atoms with Crippen LogP contribution in [0.2, 0.25) is 0 Å². The molecule has 1 atom stereocenters. The van der Waals surface area contributed by atoms with Crippen LogP contribution < -0.4 is 0 Å². The van der Waals surface area contributed by atoms with Crippen molar-refractivity contribution in [3.05, 3.63) is 57.8 Å². The van der Waals surface area contributed by atoms with Gasteiger partial charge in [0.25, 0.3) is 0 Å². The number of amides is 1. The molecule has 0 bridgehead atoms. The molecule has 110 valence electrons. The minimum Gasteiger partial charge on any atom is -0.325 e. The molecule has 2 nitrogen and oxygen atoms in total. The molecular weight excluding hydrogens is 298 g/mol. The van der Waals surface area contributed by atoms with Crippen molar-refractivity contribution < 1.29 is 4.79 Å². The van der Waals surface area contributed by atoms with Crippen molar-refractivity contribution in [3.8, 4) is 0 Å². The van der Waals surface area contributed by atoms with E-state index in [1.54, 1.807) is 11.3 Å². The largest absolute Gasteiger partial charge is 0.325 e. The summed E-state index contributed by atoms with van der Waals surface area (Å²) in [6.45, 7) is 3.00. The SMILES string of the molecule is Cc1ccc([C@H]2SCCN2C(=O)CCc2ccccc2)s1. The molecule has 1 aliphatic rings. The van der Waals surface area contributed by atoms with Crippen molar-refractivity contribution >= 4 is 29.0 Å². The number of thiophene rings is 1. The lowest BCUT2D eigenvalue weighted by molar-refractivity contribution is -0.131. The van der Waals surface area contributed by atoms with Crippen LogP contribution in [0.4, 0.5) is 0 Å². The summed E-state index contributed by atoms with van der Waals surface area (Å²) in [5.74, 6) is 1.32. The van der Waals surface area contributed by atoms with E-state index >= 15 is 0 Å². The fraction of sp³-hybridized carbons (Fsp3) is 0.353. The number of nitrogens with zero attached hydrogens (tertiary/aromatic N) is 1. The van der Waals surface area contributed by atoms with Crippen molar-refractivity contribution in [3.63, 3.8) is 0 Å². The number of hydrogen-bond acceptors (Lipinski definition) is 3. The second-order valence-corrected chi connectivity index (χ2v) is 7.75. The zero-order valence-corrected chi connectivity index (χ0v) is 13.8. The van der Waals surface area contributed by atoms with Gasteiger partial charge < -0.3 is 4.90 Å². The first kappa shape index (κ1) is 14.7. The summed E-state index contributed by atoms with van der Waals surface area (Å²) in [6, 6.07) is 14.6. The maximum atomic E-state index is 12.5. The van der Waals surface area contributed by atoms with Crippen molar-refractivity contribution in [1.29, 1.82) is 0 Å². The zero-order valence-electron chi connectivity index (χ0n) is 12.1. The van der Waals surface area contributed by atoms with Gasteiger partial charge in [-0.25, -0.2) is 0 Å². The lowest BCUT2D eigenvalue weighted by Gasteiger charge is -2.23. The van der Waals surface area contributed by atoms with E-state index in [1.165, 1.54) is 15.3 Å². The molecule has 1 aromatic carbocycles. The Balaban J connectivity index is 1.63. The summed E-state index contributed by atoms with van der Waals surface area (Å²) in [4.78, 5) is 17.2. The third-order valence-corrected chi connectivity index (χ3v) is 6.13. The van der Waals surface area contributed by atoms with Gasteiger partial charge in [-0.05, 0) is 31.0 Å². The van der Waals surface area contributed by atoms with Crippen molar-refractivity contribution in [2.24, 2.45) is 0 Å². The molecule has 2 heterocycles. The Morgan fingerprint density at radius 3 is 2.76 bits per heavy atom. The number of rotatable bonds is 4. The Kier molecular flexibility index (Phi) is 4.66. The van der Waals surface area contributed by atoms with Crippen molar-refractivity contribution in [2.45, 2.75) is 25.1 Å². The average Bonchev–Trinajstić information content (AvgIpc) is 3.14. The van der Waals surface area contributed by atoms with Crippen LogP contribution in [-0.2, 0) is 11.2 Å². The Morgan fingerprint density at radius 1 is 1.24 bits per heavy atom. The van der Waals surface area contributed by atoms with Crippen LogP contribution in [0, 0.1) is 6.92 Å². The van der Waals surface area contributed by atoms with Crippen LogP contribution in [0.25, 0.3) is 0 Å². The minimum absolute atomic E-state index is 0.229. The normalized spacial score (nSPS) is 18.1. The number of thioether (sulfide) groups is 1. The van der Waals surface area contributed by atoms with E-state index in [-0.39, 0.29) is 11.3 Å². The topological polar surface area (TPSA) is 20.3 Å². The molecule has 0 aliphatic carbocycles. The van der Waals surface area contributed by atoms with Gasteiger partial charge in [-0.3, -0.25) is 4.79 Å². The molecule has 1 aromatic heterocycles. The summed E-state index contributed by atoms with van der Waals surface area (Å²) in [6.07, 6.45) is 1.43. The first-order chi connectivity index (χ1) is 10.2. The Hall–Kier alpha value is -1.26. The van der Waals surface area contributed by atoms with E-state index in [0.29, 0.717) is 6.42 Å². The van der Waals surface area contributed by atoms with Crippen LogP contribution in [0.3, 0.4) is 0 Å². The molecule has 0 saturated carbocycles. The molecule has 1 amide bonds. The quantitative estimate of drug-likeness (QED) is 0.839. The minimum atomic E-state index is 0.229. The number of carbonyl (C=O) groups is 1. The summed E-state index contributed by atoms with van der Waals surface area (Å²) >= 11 is 3.69. The first-order valence-electron chi connectivity index (χ1n) is 7.25. The van der Waals surface area contributed by atoms with E-state index in [4.69, 9.17) is 0 Å². The molecule has 1 saturated heterocycles. The summed E-state index contributed by atoms with van der Waals surface area (Å²) in [5, 5.41) is 0.229. The Labute approximate surface area is 134 Å². The highest BCUT2D eigenvalue weighted by Gasteiger charge is 2.31. The van der Waals surface area contributed by atoms with E-state index in [2.05, 4.69) is 36.1 Å². The molecule has 3 rings (SSSR count). The molecule has 0 unspecified atom stereocenters. The number of aryl methyl sites for hydroxylation is 2. The molecule has 1 aliphatic heterocycles. The molecule has 0 N–H and O–H groups in total. The number of benzene rings is 1. The van der Waals surface area contributed by atoms with Crippen LogP contribution >= 0.6 is 23.1 Å². The Morgan fingerprint density at radius 2 is 2.05 bits per heavy atom. The van der Waals surface area contributed by atoms with Gasteiger partial charge in [-0.15, -0.1) is 23.1 Å². The molecule has 21 heavy (non-hydrogen) atoms. The monoisotopic (exact) mass is 317 g/mol. The maximum Gasteiger partial charge on any atom is 0.224 e. The van der Waals surface area contributed by atoms with E-state index < -0.39 is 0 Å². The van der Waals surface area contributed by atoms with Crippen LogP contribution in [-0.4, -0.2) is 23.1 Å². The predicted octanol–water partition coefficient (Wildman–Crippen LogP) is 4.26. The summed E-state index contributed by atoms with van der Waals surface area (Å²) in [5.41, 5.74) is 1.24. The lowest BCUT2D eigenvalue weighted by Crippen LogP contribution is -2.30. The van der Waals surface area contributed by atoms with Gasteiger partial charge in [-0.2, -0.15) is 0 Å². The van der Waals surface area contributed by atoms with Gasteiger partial charge in [0.05, 0.1) is 0 Å².